The third-order valence-electron chi connectivity index (χ3n) is 4.28. The number of hydrogen-bond donors (Lipinski definition) is 1. The highest BCUT2D eigenvalue weighted by atomic mass is 16.5. The molecule has 2 aromatic rings. The second-order valence-corrected chi connectivity index (χ2v) is 6.17. The molecule has 0 aliphatic heterocycles. The van der Waals surface area contributed by atoms with E-state index >= 15 is 0 Å². The van der Waals surface area contributed by atoms with E-state index in [9.17, 15) is 4.79 Å². The number of nitrogens with zero attached hydrogens (tertiary/aromatic N) is 1. The Bertz CT molecular complexity index is 768. The lowest BCUT2D eigenvalue weighted by atomic mass is 9.99. The summed E-state index contributed by atoms with van der Waals surface area (Å²) < 4.78 is 10.7. The number of carboxylic acid groups (broad SMARTS) is 1. The standard InChI is InChI=1S/C21H25NO4/c1-5-14(2)17-7-9-18(10-8-17)22-13-16-6-11-19(20(12-16)25-4)26-15(3)21(23)24/h6-15H,5H2,1-4H3,(H,23,24)/t14-,15-/m0/s1. The third-order valence-corrected chi connectivity index (χ3v) is 4.28. The molecule has 0 radical (unpaired) electrons. The minimum Gasteiger partial charge on any atom is -0.493 e. The van der Waals surface area contributed by atoms with Gasteiger partial charge in [0.05, 0.1) is 12.8 Å². The third kappa shape index (κ3) is 5.09. The predicted octanol–water partition coefficient (Wildman–Crippen LogP) is 4.81. The summed E-state index contributed by atoms with van der Waals surface area (Å²) in [6.07, 6.45) is 1.90. The number of methoxy groups -OCH3 is 1. The van der Waals surface area contributed by atoms with Gasteiger partial charge in [-0.2, -0.15) is 0 Å². The molecular weight excluding hydrogens is 330 g/mol. The summed E-state index contributed by atoms with van der Waals surface area (Å²) in [5, 5.41) is 8.95. The van der Waals surface area contributed by atoms with Gasteiger partial charge in [0, 0.05) is 6.21 Å². The largest absolute Gasteiger partial charge is 0.493 e. The fourth-order valence-electron chi connectivity index (χ4n) is 2.38. The minimum absolute atomic E-state index is 0.387. The minimum atomic E-state index is -1.03. The van der Waals surface area contributed by atoms with Crippen LogP contribution in [-0.2, 0) is 4.79 Å². The Labute approximate surface area is 154 Å². The van der Waals surface area contributed by atoms with E-state index in [1.165, 1.54) is 19.6 Å². The van der Waals surface area contributed by atoms with E-state index in [1.54, 1.807) is 18.3 Å². The van der Waals surface area contributed by atoms with Gasteiger partial charge in [0.1, 0.15) is 0 Å². The molecule has 5 nitrogen and oxygen atoms in total. The Morgan fingerprint density at radius 3 is 2.42 bits per heavy atom. The van der Waals surface area contributed by atoms with Gasteiger partial charge < -0.3 is 14.6 Å². The van der Waals surface area contributed by atoms with Gasteiger partial charge in [0.25, 0.3) is 0 Å². The zero-order valence-electron chi connectivity index (χ0n) is 15.6. The summed E-state index contributed by atoms with van der Waals surface area (Å²) in [5.74, 6) is 0.364. The number of ether oxygens (including phenoxy) is 2. The molecule has 0 aliphatic rings. The lowest BCUT2D eigenvalue weighted by molar-refractivity contribution is -0.144. The highest BCUT2D eigenvalue weighted by molar-refractivity contribution is 5.83. The zero-order chi connectivity index (χ0) is 19.1. The molecule has 2 aromatic carbocycles. The molecule has 0 heterocycles. The fourth-order valence-corrected chi connectivity index (χ4v) is 2.38. The van der Waals surface area contributed by atoms with Crippen LogP contribution < -0.4 is 9.47 Å². The smallest absolute Gasteiger partial charge is 0.344 e. The summed E-state index contributed by atoms with van der Waals surface area (Å²) in [4.78, 5) is 15.4. The topological polar surface area (TPSA) is 68.1 Å². The van der Waals surface area contributed by atoms with E-state index in [-0.39, 0.29) is 0 Å². The molecule has 2 rings (SSSR count). The van der Waals surface area contributed by atoms with Gasteiger partial charge >= 0.3 is 5.97 Å². The first-order valence-corrected chi connectivity index (χ1v) is 8.66. The average Bonchev–Trinajstić information content (AvgIpc) is 2.66. The van der Waals surface area contributed by atoms with Crippen LogP contribution in [0.25, 0.3) is 0 Å². The number of carboxylic acids is 1. The first kappa shape index (κ1) is 19.5. The monoisotopic (exact) mass is 355 g/mol. The maximum absolute atomic E-state index is 10.9. The van der Waals surface area contributed by atoms with Crippen LogP contribution in [0, 0.1) is 0 Å². The molecule has 0 fully saturated rings. The normalized spacial score (nSPS) is 13.4. The summed E-state index contributed by atoms with van der Waals surface area (Å²) in [6, 6.07) is 13.5. The SMILES string of the molecule is CC[C@H](C)c1ccc(N=Cc2ccc(O[C@@H](C)C(=O)O)c(OC)c2)cc1. The summed E-state index contributed by atoms with van der Waals surface area (Å²) >= 11 is 0. The van der Waals surface area contributed by atoms with Gasteiger partial charge in [0.2, 0.25) is 0 Å². The average molecular weight is 355 g/mol. The Morgan fingerprint density at radius 1 is 1.15 bits per heavy atom. The van der Waals surface area contributed by atoms with Crippen LogP contribution >= 0.6 is 0 Å². The van der Waals surface area contributed by atoms with Crippen molar-refractivity contribution in [2.75, 3.05) is 7.11 Å². The number of hydrogen-bond acceptors (Lipinski definition) is 4. The maximum Gasteiger partial charge on any atom is 0.344 e. The number of aliphatic imine (C=N–C) groups is 1. The van der Waals surface area contributed by atoms with Crippen molar-refractivity contribution in [1.82, 2.24) is 0 Å². The molecule has 5 heteroatoms. The molecule has 0 saturated heterocycles. The number of aliphatic carboxylic acids is 1. The maximum atomic E-state index is 10.9. The Balaban J connectivity index is 2.14. The Kier molecular flexibility index (Phi) is 6.78. The van der Waals surface area contributed by atoms with Gasteiger partial charge in [0.15, 0.2) is 17.6 Å². The highest BCUT2D eigenvalue weighted by Gasteiger charge is 2.15. The van der Waals surface area contributed by atoms with Crippen LogP contribution in [-0.4, -0.2) is 30.5 Å². The van der Waals surface area contributed by atoms with Crippen LogP contribution in [0.4, 0.5) is 5.69 Å². The van der Waals surface area contributed by atoms with Crippen molar-refractivity contribution in [1.29, 1.82) is 0 Å². The molecule has 0 bridgehead atoms. The second kappa shape index (κ2) is 9.04. The molecular formula is C21H25NO4. The Morgan fingerprint density at radius 2 is 1.85 bits per heavy atom. The molecule has 0 aliphatic carbocycles. The molecule has 138 valence electrons. The van der Waals surface area contributed by atoms with Crippen LogP contribution in [0.15, 0.2) is 47.5 Å². The van der Waals surface area contributed by atoms with E-state index in [0.29, 0.717) is 17.4 Å². The summed E-state index contributed by atoms with van der Waals surface area (Å²) in [5.41, 5.74) is 3.01. The zero-order valence-corrected chi connectivity index (χ0v) is 15.6. The molecule has 0 amide bonds. The van der Waals surface area contributed by atoms with Gasteiger partial charge in [-0.25, -0.2) is 4.79 Å². The molecule has 26 heavy (non-hydrogen) atoms. The molecule has 0 spiro atoms. The van der Waals surface area contributed by atoms with Crippen molar-refractivity contribution < 1.29 is 19.4 Å². The molecule has 2 atom stereocenters. The summed E-state index contributed by atoms with van der Waals surface area (Å²) in [7, 11) is 1.52. The van der Waals surface area contributed by atoms with Crippen LogP contribution in [0.1, 0.15) is 44.2 Å². The van der Waals surface area contributed by atoms with Crippen LogP contribution in [0.3, 0.4) is 0 Å². The first-order valence-electron chi connectivity index (χ1n) is 8.66. The predicted molar refractivity (Wildman–Crippen MR) is 103 cm³/mol. The van der Waals surface area contributed by atoms with E-state index in [4.69, 9.17) is 14.6 Å². The number of benzene rings is 2. The second-order valence-electron chi connectivity index (χ2n) is 6.17. The van der Waals surface area contributed by atoms with Crippen molar-refractivity contribution in [3.05, 3.63) is 53.6 Å². The van der Waals surface area contributed by atoms with Gasteiger partial charge in [-0.1, -0.05) is 26.0 Å². The van der Waals surface area contributed by atoms with Crippen molar-refractivity contribution in [3.8, 4) is 11.5 Å². The van der Waals surface area contributed by atoms with Crippen LogP contribution in [0.2, 0.25) is 0 Å². The molecule has 0 unspecified atom stereocenters. The number of carbonyl (C=O) groups is 1. The van der Waals surface area contributed by atoms with Gasteiger partial charge in [-0.3, -0.25) is 4.99 Å². The lowest BCUT2D eigenvalue weighted by Crippen LogP contribution is -2.23. The molecule has 0 aromatic heterocycles. The van der Waals surface area contributed by atoms with E-state index in [1.807, 2.05) is 18.2 Å². The summed E-state index contributed by atoms with van der Waals surface area (Å²) in [6.45, 7) is 5.86. The van der Waals surface area contributed by atoms with Crippen molar-refractivity contribution >= 4 is 17.9 Å². The highest BCUT2D eigenvalue weighted by Crippen LogP contribution is 2.29. The van der Waals surface area contributed by atoms with Crippen molar-refractivity contribution in [2.45, 2.75) is 39.2 Å². The number of rotatable bonds is 8. The van der Waals surface area contributed by atoms with Crippen molar-refractivity contribution in [2.24, 2.45) is 4.99 Å². The van der Waals surface area contributed by atoms with E-state index in [2.05, 4.69) is 31.0 Å². The lowest BCUT2D eigenvalue weighted by Gasteiger charge is -2.14. The molecule has 1 N–H and O–H groups in total. The van der Waals surface area contributed by atoms with Crippen molar-refractivity contribution in [3.63, 3.8) is 0 Å². The van der Waals surface area contributed by atoms with Gasteiger partial charge in [-0.15, -0.1) is 0 Å². The van der Waals surface area contributed by atoms with E-state index < -0.39 is 12.1 Å². The van der Waals surface area contributed by atoms with Crippen LogP contribution in [0.5, 0.6) is 11.5 Å². The van der Waals surface area contributed by atoms with E-state index in [0.717, 1.165) is 17.7 Å². The van der Waals surface area contributed by atoms with Gasteiger partial charge in [-0.05, 0) is 60.7 Å². The Hall–Kier alpha value is -2.82. The first-order chi connectivity index (χ1) is 12.4. The molecule has 0 saturated carbocycles. The quantitative estimate of drug-likeness (QED) is 0.690. The fraction of sp³-hybridized carbons (Fsp3) is 0.333.